The van der Waals surface area contributed by atoms with Gasteiger partial charge >= 0.3 is 0 Å². The van der Waals surface area contributed by atoms with E-state index in [0.717, 1.165) is 26.2 Å². The highest BCUT2D eigenvalue weighted by Gasteiger charge is 2.39. The third-order valence-electron chi connectivity index (χ3n) is 7.13. The van der Waals surface area contributed by atoms with E-state index in [0.29, 0.717) is 59.2 Å². The lowest BCUT2D eigenvalue weighted by molar-refractivity contribution is 0.0573. The Kier molecular flexibility index (Phi) is 6.81. The average molecular weight is 465 g/mol. The molecule has 0 atom stereocenters. The molecule has 180 valence electrons. The van der Waals surface area contributed by atoms with Crippen LogP contribution in [0.3, 0.4) is 0 Å². The number of rotatable bonds is 10. The summed E-state index contributed by atoms with van der Waals surface area (Å²) in [4.78, 5) is 60.1. The largest absolute Gasteiger partial charge is 0.302 e. The molecule has 34 heavy (non-hydrogen) atoms. The van der Waals surface area contributed by atoms with Gasteiger partial charge < -0.3 is 9.80 Å². The van der Waals surface area contributed by atoms with Crippen LogP contribution >= 0.6 is 0 Å². The second-order valence-electron chi connectivity index (χ2n) is 8.65. The summed E-state index contributed by atoms with van der Waals surface area (Å²) in [5.41, 5.74) is 1.47. The molecule has 2 aromatic rings. The zero-order valence-electron chi connectivity index (χ0n) is 20.4. The standard InChI is InChI=1S/C26H32N4O4/c1-5-27(6-2)13-15-29-23(31)17-9-11-19-22-20(12-10-18(21(17)22)24(29)32)26(34)30(25(19)33)16-14-28(7-3)8-4/h9-12H,5-8,13-16H2,1-4H3. The number of carbonyl (C=O) groups excluding carboxylic acids is 4. The first-order valence-corrected chi connectivity index (χ1v) is 12.1. The molecular formula is C26H32N4O4. The van der Waals surface area contributed by atoms with Crippen molar-refractivity contribution in [3.63, 3.8) is 0 Å². The van der Waals surface area contributed by atoms with Crippen molar-refractivity contribution in [2.24, 2.45) is 0 Å². The number of likely N-dealkylation sites (N-methyl/N-ethyl adjacent to an activating group) is 2. The molecule has 0 N–H and O–H groups in total. The Bertz CT molecular complexity index is 1010. The molecule has 8 nitrogen and oxygen atoms in total. The summed E-state index contributed by atoms with van der Waals surface area (Å²) in [7, 11) is 0. The Morgan fingerprint density at radius 2 is 0.794 bits per heavy atom. The minimum atomic E-state index is -0.378. The molecule has 4 rings (SSSR count). The fraction of sp³-hybridized carbons (Fsp3) is 0.462. The zero-order chi connectivity index (χ0) is 24.6. The maximum atomic E-state index is 13.3. The van der Waals surface area contributed by atoms with Gasteiger partial charge in [0.1, 0.15) is 0 Å². The molecular weight excluding hydrogens is 432 g/mol. The second-order valence-corrected chi connectivity index (χ2v) is 8.65. The summed E-state index contributed by atoms with van der Waals surface area (Å²) in [5.74, 6) is -1.51. The Morgan fingerprint density at radius 3 is 1.03 bits per heavy atom. The smallest absolute Gasteiger partial charge is 0.261 e. The van der Waals surface area contributed by atoms with Crippen LogP contribution in [0.5, 0.6) is 0 Å². The van der Waals surface area contributed by atoms with Gasteiger partial charge in [0.15, 0.2) is 0 Å². The minimum absolute atomic E-state index is 0.292. The van der Waals surface area contributed by atoms with E-state index in [1.807, 2.05) is 27.7 Å². The molecule has 0 aromatic heterocycles. The summed E-state index contributed by atoms with van der Waals surface area (Å²) in [6, 6.07) is 6.50. The van der Waals surface area contributed by atoms with Crippen molar-refractivity contribution in [1.29, 1.82) is 0 Å². The summed E-state index contributed by atoms with van der Waals surface area (Å²) in [6.45, 7) is 13.3. The third kappa shape index (κ3) is 3.80. The molecule has 4 amide bonds. The molecule has 0 aliphatic carbocycles. The van der Waals surface area contributed by atoms with Crippen molar-refractivity contribution in [3.05, 3.63) is 46.5 Å². The molecule has 2 aromatic carbocycles. The summed E-state index contributed by atoms with van der Waals surface area (Å²) in [5, 5.41) is 0.850. The van der Waals surface area contributed by atoms with Crippen LogP contribution in [0.1, 0.15) is 69.1 Å². The van der Waals surface area contributed by atoms with Gasteiger partial charge in [0.2, 0.25) is 0 Å². The van der Waals surface area contributed by atoms with Gasteiger partial charge in [-0.2, -0.15) is 0 Å². The summed E-state index contributed by atoms with van der Waals surface area (Å²) >= 11 is 0. The molecule has 0 radical (unpaired) electrons. The predicted octanol–water partition coefficient (Wildman–Crippen LogP) is 2.72. The first-order chi connectivity index (χ1) is 16.4. The van der Waals surface area contributed by atoms with Crippen LogP contribution in [-0.4, -0.2) is 95.6 Å². The molecule has 2 heterocycles. The number of hydrogen-bond acceptors (Lipinski definition) is 6. The van der Waals surface area contributed by atoms with E-state index in [4.69, 9.17) is 0 Å². The highest BCUT2D eigenvalue weighted by molar-refractivity contribution is 6.33. The van der Waals surface area contributed by atoms with Crippen molar-refractivity contribution in [1.82, 2.24) is 19.6 Å². The molecule has 0 saturated heterocycles. The van der Waals surface area contributed by atoms with Gasteiger partial charge in [-0.1, -0.05) is 27.7 Å². The lowest BCUT2D eigenvalue weighted by atomic mass is 9.86. The van der Waals surface area contributed by atoms with Crippen molar-refractivity contribution in [2.75, 3.05) is 52.4 Å². The fourth-order valence-corrected chi connectivity index (χ4v) is 4.94. The van der Waals surface area contributed by atoms with Gasteiger partial charge in [0.05, 0.1) is 0 Å². The summed E-state index contributed by atoms with van der Waals surface area (Å²) < 4.78 is 0. The Hall–Kier alpha value is -3.10. The monoisotopic (exact) mass is 464 g/mol. The van der Waals surface area contributed by atoms with E-state index in [2.05, 4.69) is 9.80 Å². The highest BCUT2D eigenvalue weighted by atomic mass is 16.2. The van der Waals surface area contributed by atoms with Gasteiger partial charge in [0, 0.05) is 59.2 Å². The first kappa shape index (κ1) is 24.0. The van der Waals surface area contributed by atoms with Crippen LogP contribution in [0, 0.1) is 0 Å². The second kappa shape index (κ2) is 9.64. The van der Waals surface area contributed by atoms with Crippen molar-refractivity contribution in [3.8, 4) is 0 Å². The Morgan fingerprint density at radius 1 is 0.529 bits per heavy atom. The molecule has 2 aliphatic heterocycles. The van der Waals surface area contributed by atoms with E-state index < -0.39 is 0 Å². The van der Waals surface area contributed by atoms with E-state index in [9.17, 15) is 19.2 Å². The highest BCUT2D eigenvalue weighted by Crippen LogP contribution is 2.37. The Balaban J connectivity index is 1.72. The third-order valence-corrected chi connectivity index (χ3v) is 7.13. The zero-order valence-corrected chi connectivity index (χ0v) is 20.4. The molecule has 0 spiro atoms. The van der Waals surface area contributed by atoms with Crippen LogP contribution in [0.4, 0.5) is 0 Å². The predicted molar refractivity (Wildman–Crippen MR) is 130 cm³/mol. The number of benzene rings is 2. The number of amides is 4. The van der Waals surface area contributed by atoms with Gasteiger partial charge in [-0.25, -0.2) is 0 Å². The van der Waals surface area contributed by atoms with Gasteiger partial charge in [-0.3, -0.25) is 29.0 Å². The normalized spacial score (nSPS) is 15.5. The van der Waals surface area contributed by atoms with Gasteiger partial charge in [0.25, 0.3) is 23.6 Å². The van der Waals surface area contributed by atoms with Crippen LogP contribution in [-0.2, 0) is 0 Å². The van der Waals surface area contributed by atoms with Crippen LogP contribution < -0.4 is 0 Å². The number of imide groups is 2. The van der Waals surface area contributed by atoms with Crippen molar-refractivity contribution >= 4 is 34.4 Å². The van der Waals surface area contributed by atoms with E-state index in [1.165, 1.54) is 9.80 Å². The topological polar surface area (TPSA) is 81.2 Å². The van der Waals surface area contributed by atoms with E-state index >= 15 is 0 Å². The number of carbonyl (C=O) groups is 4. The Labute approximate surface area is 200 Å². The lowest BCUT2D eigenvalue weighted by Gasteiger charge is -2.33. The molecule has 0 saturated carbocycles. The molecule has 2 aliphatic rings. The molecule has 0 unspecified atom stereocenters. The summed E-state index contributed by atoms with van der Waals surface area (Å²) in [6.07, 6.45) is 0. The van der Waals surface area contributed by atoms with Crippen LogP contribution in [0.15, 0.2) is 24.3 Å². The minimum Gasteiger partial charge on any atom is -0.302 e. The quantitative estimate of drug-likeness (QED) is 0.503. The van der Waals surface area contributed by atoms with Crippen LogP contribution in [0.25, 0.3) is 10.8 Å². The first-order valence-electron chi connectivity index (χ1n) is 12.1. The maximum Gasteiger partial charge on any atom is 0.261 e. The average Bonchev–Trinajstić information content (AvgIpc) is 2.85. The fourth-order valence-electron chi connectivity index (χ4n) is 4.94. The van der Waals surface area contributed by atoms with Gasteiger partial charge in [-0.05, 0) is 50.4 Å². The SMILES string of the molecule is CCN(CC)CCN1C(=O)c2ccc3c4c(ccc(c24)C1=O)C(=O)N(CCN(CC)CC)C3=O. The lowest BCUT2D eigenvalue weighted by Crippen LogP contribution is -2.46. The van der Waals surface area contributed by atoms with E-state index in [-0.39, 0.29) is 23.6 Å². The molecule has 0 fully saturated rings. The molecule has 0 bridgehead atoms. The van der Waals surface area contributed by atoms with Crippen LogP contribution in [0.2, 0.25) is 0 Å². The number of hydrogen-bond donors (Lipinski definition) is 0. The van der Waals surface area contributed by atoms with Gasteiger partial charge in [-0.15, -0.1) is 0 Å². The molecule has 8 heteroatoms. The van der Waals surface area contributed by atoms with Crippen molar-refractivity contribution < 1.29 is 19.2 Å². The van der Waals surface area contributed by atoms with Crippen molar-refractivity contribution in [2.45, 2.75) is 27.7 Å². The number of nitrogens with zero attached hydrogens (tertiary/aromatic N) is 4. The van der Waals surface area contributed by atoms with E-state index in [1.54, 1.807) is 24.3 Å². The maximum absolute atomic E-state index is 13.3.